The minimum Gasteiger partial charge on any atom is -0.353 e. The number of rotatable bonds is 5. The van der Waals surface area contributed by atoms with Gasteiger partial charge in [-0.1, -0.05) is 13.0 Å². The second-order valence-corrected chi connectivity index (χ2v) is 5.71. The molecule has 0 radical (unpaired) electrons. The van der Waals surface area contributed by atoms with Crippen LogP contribution in [0, 0.1) is 0 Å². The molecule has 0 saturated carbocycles. The molecule has 0 bridgehead atoms. The van der Waals surface area contributed by atoms with Crippen molar-refractivity contribution in [3.63, 3.8) is 0 Å². The van der Waals surface area contributed by atoms with E-state index in [9.17, 15) is 4.79 Å². The van der Waals surface area contributed by atoms with E-state index in [0.717, 1.165) is 44.2 Å². The van der Waals surface area contributed by atoms with E-state index in [2.05, 4.69) is 16.8 Å². The van der Waals surface area contributed by atoms with Crippen LogP contribution in [0.3, 0.4) is 0 Å². The molecule has 1 aliphatic heterocycles. The Morgan fingerprint density at radius 3 is 2.74 bits per heavy atom. The van der Waals surface area contributed by atoms with E-state index >= 15 is 0 Å². The highest BCUT2D eigenvalue weighted by Crippen LogP contribution is 2.13. The Hall–Kier alpha value is -1.23. The van der Waals surface area contributed by atoms with Crippen LogP contribution in [0.25, 0.3) is 0 Å². The Bertz CT molecular complexity index is 391. The van der Waals surface area contributed by atoms with E-state index in [1.807, 2.05) is 29.3 Å². The molecule has 1 amide bonds. The summed E-state index contributed by atoms with van der Waals surface area (Å²) in [7, 11) is 0. The smallest absolute Gasteiger partial charge is 0.232 e. The molecule has 1 fully saturated rings. The summed E-state index contributed by atoms with van der Waals surface area (Å²) in [5.41, 5.74) is 0. The maximum atomic E-state index is 12.0. The van der Waals surface area contributed by atoms with Gasteiger partial charge in [0.15, 0.2) is 0 Å². The van der Waals surface area contributed by atoms with Crippen molar-refractivity contribution < 1.29 is 4.79 Å². The van der Waals surface area contributed by atoms with Crippen LogP contribution in [-0.4, -0.2) is 53.5 Å². The van der Waals surface area contributed by atoms with Gasteiger partial charge in [-0.3, -0.25) is 4.79 Å². The predicted molar refractivity (Wildman–Crippen MR) is 80.6 cm³/mol. The number of piperazine rings is 1. The fourth-order valence-corrected chi connectivity index (χ4v) is 2.91. The Morgan fingerprint density at radius 1 is 1.32 bits per heavy atom. The van der Waals surface area contributed by atoms with Crippen molar-refractivity contribution in [1.82, 2.24) is 9.88 Å². The summed E-state index contributed by atoms with van der Waals surface area (Å²) in [6, 6.07) is 5.95. The number of hydrogen-bond donors (Lipinski definition) is 0. The lowest BCUT2D eigenvalue weighted by molar-refractivity contribution is -0.128. The zero-order chi connectivity index (χ0) is 13.5. The second kappa shape index (κ2) is 7.38. The van der Waals surface area contributed by atoms with Crippen LogP contribution in [0.1, 0.15) is 13.3 Å². The van der Waals surface area contributed by atoms with Gasteiger partial charge in [-0.25, -0.2) is 4.98 Å². The monoisotopic (exact) mass is 279 g/mol. The number of nitrogens with zero attached hydrogens (tertiary/aromatic N) is 3. The maximum absolute atomic E-state index is 12.0. The molecule has 19 heavy (non-hydrogen) atoms. The average molecular weight is 279 g/mol. The van der Waals surface area contributed by atoms with Gasteiger partial charge in [-0.15, -0.1) is 0 Å². The molecule has 0 unspecified atom stereocenters. The lowest BCUT2D eigenvalue weighted by Gasteiger charge is -2.35. The van der Waals surface area contributed by atoms with Crippen LogP contribution < -0.4 is 4.90 Å². The standard InChI is InChI=1S/C14H21N3OS/c1-2-11-19-12-14(18)17-9-7-16(8-10-17)13-5-3-4-6-15-13/h3-6H,2,7-12H2,1H3. The highest BCUT2D eigenvalue weighted by Gasteiger charge is 2.21. The van der Waals surface area contributed by atoms with Crippen LogP contribution in [0.15, 0.2) is 24.4 Å². The Balaban J connectivity index is 1.77. The van der Waals surface area contributed by atoms with Crippen LogP contribution in [0.5, 0.6) is 0 Å². The third-order valence-corrected chi connectivity index (χ3v) is 4.33. The van der Waals surface area contributed by atoms with E-state index in [1.54, 1.807) is 11.8 Å². The Morgan fingerprint density at radius 2 is 2.11 bits per heavy atom. The molecule has 0 atom stereocenters. The first-order valence-corrected chi connectivity index (χ1v) is 7.98. The fraction of sp³-hybridized carbons (Fsp3) is 0.571. The molecule has 1 aliphatic rings. The van der Waals surface area contributed by atoms with Gasteiger partial charge in [0.05, 0.1) is 5.75 Å². The van der Waals surface area contributed by atoms with Gasteiger partial charge in [0.1, 0.15) is 5.82 Å². The molecule has 4 nitrogen and oxygen atoms in total. The molecule has 0 N–H and O–H groups in total. The normalized spacial score (nSPS) is 15.6. The van der Waals surface area contributed by atoms with Gasteiger partial charge in [-0.05, 0) is 24.3 Å². The van der Waals surface area contributed by atoms with E-state index in [4.69, 9.17) is 0 Å². The Labute approximate surface area is 119 Å². The maximum Gasteiger partial charge on any atom is 0.232 e. The minimum atomic E-state index is 0.277. The number of pyridine rings is 1. The van der Waals surface area contributed by atoms with Crippen LogP contribution in [0.2, 0.25) is 0 Å². The van der Waals surface area contributed by atoms with Crippen molar-refractivity contribution in [2.24, 2.45) is 0 Å². The summed E-state index contributed by atoms with van der Waals surface area (Å²) in [4.78, 5) is 20.6. The predicted octanol–water partition coefficient (Wildman–Crippen LogP) is 1.87. The first kappa shape index (κ1) is 14.2. The number of thioether (sulfide) groups is 1. The zero-order valence-corrected chi connectivity index (χ0v) is 12.2. The lowest BCUT2D eigenvalue weighted by atomic mass is 10.3. The minimum absolute atomic E-state index is 0.277. The van der Waals surface area contributed by atoms with E-state index in [0.29, 0.717) is 5.75 Å². The number of anilines is 1. The van der Waals surface area contributed by atoms with E-state index in [-0.39, 0.29) is 5.91 Å². The third kappa shape index (κ3) is 4.13. The van der Waals surface area contributed by atoms with Crippen LogP contribution >= 0.6 is 11.8 Å². The summed E-state index contributed by atoms with van der Waals surface area (Å²) in [5, 5.41) is 0. The van der Waals surface area contributed by atoms with Crippen molar-refractivity contribution >= 4 is 23.5 Å². The highest BCUT2D eigenvalue weighted by molar-refractivity contribution is 7.99. The third-order valence-electron chi connectivity index (χ3n) is 3.18. The highest BCUT2D eigenvalue weighted by atomic mass is 32.2. The first-order chi connectivity index (χ1) is 9.31. The summed E-state index contributed by atoms with van der Waals surface area (Å²) in [6.07, 6.45) is 2.94. The number of amides is 1. The SMILES string of the molecule is CCCSCC(=O)N1CCN(c2ccccn2)CC1. The molecule has 1 aromatic rings. The molecule has 0 aliphatic carbocycles. The van der Waals surface area contributed by atoms with Gasteiger partial charge >= 0.3 is 0 Å². The zero-order valence-electron chi connectivity index (χ0n) is 11.4. The molecule has 1 saturated heterocycles. The summed E-state index contributed by atoms with van der Waals surface area (Å²) >= 11 is 1.74. The van der Waals surface area contributed by atoms with Crippen molar-refractivity contribution in [2.45, 2.75) is 13.3 Å². The topological polar surface area (TPSA) is 36.4 Å². The van der Waals surface area contributed by atoms with Crippen molar-refractivity contribution in [1.29, 1.82) is 0 Å². The second-order valence-electron chi connectivity index (χ2n) is 4.61. The first-order valence-electron chi connectivity index (χ1n) is 6.82. The van der Waals surface area contributed by atoms with E-state index in [1.165, 1.54) is 0 Å². The number of carbonyl (C=O) groups excluding carboxylic acids is 1. The van der Waals surface area contributed by atoms with Crippen molar-refractivity contribution in [3.05, 3.63) is 24.4 Å². The molecule has 1 aromatic heterocycles. The van der Waals surface area contributed by atoms with Gasteiger partial charge in [0.2, 0.25) is 5.91 Å². The van der Waals surface area contributed by atoms with Gasteiger partial charge < -0.3 is 9.80 Å². The quantitative estimate of drug-likeness (QED) is 0.771. The largest absolute Gasteiger partial charge is 0.353 e. The molecule has 0 spiro atoms. The van der Waals surface area contributed by atoms with Crippen molar-refractivity contribution in [3.8, 4) is 0 Å². The molecule has 5 heteroatoms. The van der Waals surface area contributed by atoms with Gasteiger partial charge in [0.25, 0.3) is 0 Å². The van der Waals surface area contributed by atoms with Crippen LogP contribution in [-0.2, 0) is 4.79 Å². The molecular formula is C14H21N3OS. The average Bonchev–Trinajstić information content (AvgIpc) is 2.48. The number of aromatic nitrogens is 1. The molecule has 2 rings (SSSR count). The molecule has 104 valence electrons. The van der Waals surface area contributed by atoms with Gasteiger partial charge in [0, 0.05) is 32.4 Å². The van der Waals surface area contributed by atoms with Gasteiger partial charge in [-0.2, -0.15) is 11.8 Å². The molecular weight excluding hydrogens is 258 g/mol. The van der Waals surface area contributed by atoms with Crippen molar-refractivity contribution in [2.75, 3.05) is 42.6 Å². The Kier molecular flexibility index (Phi) is 5.51. The molecule has 0 aromatic carbocycles. The van der Waals surface area contributed by atoms with E-state index < -0.39 is 0 Å². The summed E-state index contributed by atoms with van der Waals surface area (Å²) < 4.78 is 0. The lowest BCUT2D eigenvalue weighted by Crippen LogP contribution is -2.49. The summed E-state index contributed by atoms with van der Waals surface area (Å²) in [6.45, 7) is 5.51. The van der Waals surface area contributed by atoms with Crippen LogP contribution in [0.4, 0.5) is 5.82 Å². The molecule has 2 heterocycles. The summed E-state index contributed by atoms with van der Waals surface area (Å²) in [5.74, 6) is 2.98. The number of carbonyl (C=O) groups is 1. The number of hydrogen-bond acceptors (Lipinski definition) is 4. The fourth-order valence-electron chi connectivity index (χ4n) is 2.12.